The molecule has 2 aromatic carbocycles. The largest absolute Gasteiger partial charge is 0.495 e. The molecule has 7 nitrogen and oxygen atoms in total. The van der Waals surface area contributed by atoms with Gasteiger partial charge in [0.15, 0.2) is 6.04 Å². The van der Waals surface area contributed by atoms with E-state index >= 15 is 0 Å². The molecule has 0 bridgehead atoms. The van der Waals surface area contributed by atoms with Crippen LogP contribution in [0.2, 0.25) is 0 Å². The summed E-state index contributed by atoms with van der Waals surface area (Å²) in [6.07, 6.45) is 5.10. The van der Waals surface area contributed by atoms with Crippen LogP contribution < -0.4 is 10.1 Å². The van der Waals surface area contributed by atoms with Crippen molar-refractivity contribution in [3.05, 3.63) is 89.1 Å². The van der Waals surface area contributed by atoms with E-state index in [1.54, 1.807) is 60.8 Å². The number of methoxy groups -OCH3 is 1. The predicted octanol–water partition coefficient (Wildman–Crippen LogP) is 4.27. The van der Waals surface area contributed by atoms with E-state index in [1.807, 2.05) is 0 Å². The van der Waals surface area contributed by atoms with Gasteiger partial charge in [-0.05, 0) is 48.0 Å². The number of aromatic nitrogens is 3. The lowest BCUT2D eigenvalue weighted by atomic mass is 10.1. The van der Waals surface area contributed by atoms with Crippen molar-refractivity contribution in [2.45, 2.75) is 6.04 Å². The number of hydrogen-bond donors (Lipinski definition) is 2. The molecule has 2 N–H and O–H groups in total. The zero-order valence-electron chi connectivity index (χ0n) is 17.0. The third-order valence-electron chi connectivity index (χ3n) is 4.85. The first-order valence-corrected chi connectivity index (χ1v) is 9.71. The van der Waals surface area contributed by atoms with E-state index in [0.717, 1.165) is 5.56 Å². The Morgan fingerprint density at radius 3 is 2.69 bits per heavy atom. The van der Waals surface area contributed by atoms with E-state index in [2.05, 4.69) is 26.6 Å². The zero-order chi connectivity index (χ0) is 22.5. The second kappa shape index (κ2) is 9.10. The van der Waals surface area contributed by atoms with Gasteiger partial charge in [0.25, 0.3) is 5.91 Å². The Hall–Kier alpha value is -4.51. The Morgan fingerprint density at radius 2 is 2.00 bits per heavy atom. The number of amides is 1. The molecule has 158 valence electrons. The number of benzene rings is 2. The number of aromatic amines is 1. The van der Waals surface area contributed by atoms with Gasteiger partial charge in [0, 0.05) is 6.20 Å². The Kier molecular flexibility index (Phi) is 5.90. The van der Waals surface area contributed by atoms with Crippen LogP contribution in [0.5, 0.6) is 5.75 Å². The van der Waals surface area contributed by atoms with E-state index in [-0.39, 0.29) is 11.4 Å². The van der Waals surface area contributed by atoms with Gasteiger partial charge < -0.3 is 10.1 Å². The first-order chi connectivity index (χ1) is 15.6. The number of carbonyl (C=O) groups is 1. The highest BCUT2D eigenvalue weighted by Crippen LogP contribution is 2.32. The quantitative estimate of drug-likeness (QED) is 0.478. The summed E-state index contributed by atoms with van der Waals surface area (Å²) in [4.78, 5) is 17.1. The van der Waals surface area contributed by atoms with Crippen molar-refractivity contribution in [2.75, 3.05) is 7.11 Å². The average molecular weight is 427 g/mol. The van der Waals surface area contributed by atoms with Crippen molar-refractivity contribution >= 4 is 29.0 Å². The lowest BCUT2D eigenvalue weighted by Gasteiger charge is -2.14. The van der Waals surface area contributed by atoms with Gasteiger partial charge in [-0.1, -0.05) is 24.3 Å². The number of fused-ring (bicyclic) bond motifs is 1. The van der Waals surface area contributed by atoms with Crippen LogP contribution in [0.4, 0.5) is 4.39 Å². The normalized spacial score (nSPS) is 11.9. The summed E-state index contributed by atoms with van der Waals surface area (Å²) >= 11 is 0. The van der Waals surface area contributed by atoms with Gasteiger partial charge in [-0.2, -0.15) is 10.4 Å². The molecule has 1 amide bonds. The molecule has 0 fully saturated rings. The number of halogens is 1. The van der Waals surface area contributed by atoms with Gasteiger partial charge in [-0.3, -0.25) is 14.9 Å². The molecule has 0 saturated carbocycles. The summed E-state index contributed by atoms with van der Waals surface area (Å²) in [6, 6.07) is 15.7. The van der Waals surface area contributed by atoms with E-state index in [9.17, 15) is 14.4 Å². The summed E-state index contributed by atoms with van der Waals surface area (Å²) < 4.78 is 18.7. The van der Waals surface area contributed by atoms with Gasteiger partial charge in [-0.15, -0.1) is 0 Å². The number of pyridine rings is 1. The van der Waals surface area contributed by atoms with Crippen LogP contribution in [0.15, 0.2) is 60.8 Å². The highest BCUT2D eigenvalue weighted by atomic mass is 19.1. The molecule has 1 unspecified atom stereocenters. The van der Waals surface area contributed by atoms with E-state index in [1.165, 1.54) is 19.2 Å². The minimum atomic E-state index is -0.911. The first-order valence-electron chi connectivity index (χ1n) is 9.71. The lowest BCUT2D eigenvalue weighted by Crippen LogP contribution is -2.28. The van der Waals surface area contributed by atoms with Crippen molar-refractivity contribution in [2.24, 2.45) is 0 Å². The van der Waals surface area contributed by atoms with Crippen LogP contribution in [-0.4, -0.2) is 28.2 Å². The highest BCUT2D eigenvalue weighted by Gasteiger charge is 2.22. The third-order valence-corrected chi connectivity index (χ3v) is 4.85. The molecule has 4 aromatic rings. The Morgan fingerprint density at radius 1 is 1.19 bits per heavy atom. The zero-order valence-corrected chi connectivity index (χ0v) is 17.0. The number of rotatable bonds is 6. The van der Waals surface area contributed by atoms with Crippen LogP contribution in [0, 0.1) is 17.1 Å². The van der Waals surface area contributed by atoms with Crippen LogP contribution in [0.25, 0.3) is 23.1 Å². The van der Waals surface area contributed by atoms with Gasteiger partial charge in [-0.25, -0.2) is 4.39 Å². The van der Waals surface area contributed by atoms with Crippen molar-refractivity contribution in [3.63, 3.8) is 0 Å². The van der Waals surface area contributed by atoms with E-state index < -0.39 is 11.9 Å². The molecule has 2 aromatic heterocycles. The highest BCUT2D eigenvalue weighted by molar-refractivity contribution is 6.05. The smallest absolute Gasteiger partial charge is 0.256 e. The number of nitriles is 1. The van der Waals surface area contributed by atoms with Crippen molar-refractivity contribution in [3.8, 4) is 11.8 Å². The Bertz CT molecular complexity index is 1320. The summed E-state index contributed by atoms with van der Waals surface area (Å²) in [5, 5.41) is 20.0. The summed E-state index contributed by atoms with van der Waals surface area (Å²) in [6.45, 7) is 0. The number of hydrogen-bond acceptors (Lipinski definition) is 5. The maximum absolute atomic E-state index is 13.1. The molecule has 4 rings (SSSR count). The molecular weight excluding hydrogens is 409 g/mol. The lowest BCUT2D eigenvalue weighted by molar-refractivity contribution is 0.0941. The van der Waals surface area contributed by atoms with E-state index in [0.29, 0.717) is 28.0 Å². The molecule has 0 aliphatic heterocycles. The van der Waals surface area contributed by atoms with E-state index in [4.69, 9.17) is 4.74 Å². The number of carbonyl (C=O) groups excluding carboxylic acids is 1. The fourth-order valence-corrected chi connectivity index (χ4v) is 3.29. The number of H-pyrrole nitrogens is 1. The minimum absolute atomic E-state index is 0.258. The molecule has 1 atom stereocenters. The Labute approximate surface area is 183 Å². The standard InChI is InChI=1S/C24H18FN5O2/c1-32-23-17(24(31)28-21(14-26)18-4-2-3-13-27-18)10-12-20-22(23)19(29-30-20)11-7-15-5-8-16(25)9-6-15/h2-13,21H,1H3,(H,28,31)(H,29,30). The third kappa shape index (κ3) is 4.18. The number of nitrogens with one attached hydrogen (secondary N) is 2. The first kappa shape index (κ1) is 20.8. The van der Waals surface area contributed by atoms with Gasteiger partial charge in [0.2, 0.25) is 0 Å². The maximum Gasteiger partial charge on any atom is 0.256 e. The summed E-state index contributed by atoms with van der Waals surface area (Å²) in [7, 11) is 1.46. The van der Waals surface area contributed by atoms with Crippen LogP contribution >= 0.6 is 0 Å². The minimum Gasteiger partial charge on any atom is -0.495 e. The van der Waals surface area contributed by atoms with Crippen LogP contribution in [-0.2, 0) is 0 Å². The maximum atomic E-state index is 13.1. The summed E-state index contributed by atoms with van der Waals surface area (Å²) in [5.74, 6) is -0.466. The molecule has 0 saturated heterocycles. The van der Waals surface area contributed by atoms with Crippen LogP contribution in [0.3, 0.4) is 0 Å². The molecular formula is C24H18FN5O2. The molecule has 0 aliphatic carbocycles. The predicted molar refractivity (Wildman–Crippen MR) is 118 cm³/mol. The molecule has 0 spiro atoms. The van der Waals surface area contributed by atoms with Gasteiger partial charge in [0.1, 0.15) is 11.6 Å². The monoisotopic (exact) mass is 427 g/mol. The van der Waals surface area contributed by atoms with Crippen molar-refractivity contribution < 1.29 is 13.9 Å². The molecule has 2 heterocycles. The second-order valence-corrected chi connectivity index (χ2v) is 6.85. The van der Waals surface area contributed by atoms with Gasteiger partial charge >= 0.3 is 0 Å². The number of nitrogens with zero attached hydrogens (tertiary/aromatic N) is 3. The van der Waals surface area contributed by atoms with Crippen LogP contribution in [0.1, 0.15) is 33.4 Å². The fourth-order valence-electron chi connectivity index (χ4n) is 3.29. The topological polar surface area (TPSA) is 104 Å². The van der Waals surface area contributed by atoms with Crippen molar-refractivity contribution in [1.82, 2.24) is 20.5 Å². The van der Waals surface area contributed by atoms with Gasteiger partial charge in [0.05, 0.1) is 41.0 Å². The molecule has 32 heavy (non-hydrogen) atoms. The molecule has 0 radical (unpaired) electrons. The molecule has 8 heteroatoms. The second-order valence-electron chi connectivity index (χ2n) is 6.85. The Balaban J connectivity index is 1.68. The number of ether oxygens (including phenoxy) is 1. The summed E-state index contributed by atoms with van der Waals surface area (Å²) in [5.41, 5.74) is 2.72. The fraction of sp³-hybridized carbons (Fsp3) is 0.0833. The average Bonchev–Trinajstić information content (AvgIpc) is 3.25. The van der Waals surface area contributed by atoms with Crippen molar-refractivity contribution in [1.29, 1.82) is 5.26 Å². The SMILES string of the molecule is COc1c(C(=O)NC(C#N)c2ccccn2)ccc2[nH]nc(C=Cc3ccc(F)cc3)c12. The molecule has 0 aliphatic rings.